The number of piperidine rings is 1. The van der Waals surface area contributed by atoms with Gasteiger partial charge in [-0.2, -0.15) is 4.31 Å². The zero-order valence-electron chi connectivity index (χ0n) is 15.4. The molecule has 0 aromatic heterocycles. The number of rotatable bonds is 4. The number of likely N-dealkylation sites (tertiary alicyclic amines) is 1. The SMILES string of the molecule is COc1ccc(C(=O)N2CCCCC2)cc1S(=O)(=O)N1CCCCCC1. The molecule has 0 aliphatic carbocycles. The summed E-state index contributed by atoms with van der Waals surface area (Å²) in [5, 5.41) is 0. The monoisotopic (exact) mass is 380 g/mol. The van der Waals surface area contributed by atoms with Crippen molar-refractivity contribution in [3.63, 3.8) is 0 Å². The molecule has 0 bridgehead atoms. The lowest BCUT2D eigenvalue weighted by atomic mass is 10.1. The van der Waals surface area contributed by atoms with Crippen molar-refractivity contribution < 1.29 is 17.9 Å². The molecule has 26 heavy (non-hydrogen) atoms. The van der Waals surface area contributed by atoms with Gasteiger partial charge in [-0.3, -0.25) is 4.79 Å². The number of nitrogens with zero attached hydrogens (tertiary/aromatic N) is 2. The summed E-state index contributed by atoms with van der Waals surface area (Å²) in [4.78, 5) is 14.7. The van der Waals surface area contributed by atoms with Gasteiger partial charge in [-0.25, -0.2) is 8.42 Å². The standard InChI is InChI=1S/C19H28N2O4S/c1-25-17-10-9-16(19(22)20-11-5-4-6-12-20)15-18(17)26(23,24)21-13-7-2-3-8-14-21/h9-10,15H,2-8,11-14H2,1H3. The van der Waals surface area contributed by atoms with Crippen LogP contribution in [0.15, 0.2) is 23.1 Å². The largest absolute Gasteiger partial charge is 0.495 e. The molecule has 0 atom stereocenters. The van der Waals surface area contributed by atoms with Crippen LogP contribution in [0.3, 0.4) is 0 Å². The second-order valence-corrected chi connectivity index (χ2v) is 8.94. The number of carbonyl (C=O) groups is 1. The fourth-order valence-electron chi connectivity index (χ4n) is 3.71. The second kappa shape index (κ2) is 8.39. The summed E-state index contributed by atoms with van der Waals surface area (Å²) in [5.41, 5.74) is 0.418. The van der Waals surface area contributed by atoms with Gasteiger partial charge in [0.25, 0.3) is 5.91 Å². The Morgan fingerprint density at radius 3 is 2.12 bits per heavy atom. The first-order valence-corrected chi connectivity index (χ1v) is 11.0. The van der Waals surface area contributed by atoms with E-state index in [9.17, 15) is 13.2 Å². The molecule has 0 saturated carbocycles. The van der Waals surface area contributed by atoms with Gasteiger partial charge in [0.05, 0.1) is 7.11 Å². The Kier molecular flexibility index (Phi) is 6.19. The van der Waals surface area contributed by atoms with Crippen molar-refractivity contribution in [2.45, 2.75) is 49.8 Å². The number of sulfonamides is 1. The average Bonchev–Trinajstić information content (AvgIpc) is 2.97. The first kappa shape index (κ1) is 19.2. The summed E-state index contributed by atoms with van der Waals surface area (Å²) in [5.74, 6) is 0.198. The lowest BCUT2D eigenvalue weighted by Crippen LogP contribution is -2.36. The van der Waals surface area contributed by atoms with Gasteiger partial charge in [0.2, 0.25) is 10.0 Å². The van der Waals surface area contributed by atoms with Crippen molar-refractivity contribution in [3.05, 3.63) is 23.8 Å². The maximum Gasteiger partial charge on any atom is 0.253 e. The van der Waals surface area contributed by atoms with Crippen LogP contribution >= 0.6 is 0 Å². The van der Waals surface area contributed by atoms with E-state index in [2.05, 4.69) is 0 Å². The highest BCUT2D eigenvalue weighted by Gasteiger charge is 2.30. The molecular formula is C19H28N2O4S. The average molecular weight is 381 g/mol. The molecule has 0 radical (unpaired) electrons. The molecule has 0 spiro atoms. The Balaban J connectivity index is 1.93. The number of methoxy groups -OCH3 is 1. The number of benzene rings is 1. The maximum absolute atomic E-state index is 13.2. The van der Waals surface area contributed by atoms with Crippen LogP contribution in [0.2, 0.25) is 0 Å². The quantitative estimate of drug-likeness (QED) is 0.806. The molecule has 1 amide bonds. The molecule has 2 aliphatic heterocycles. The van der Waals surface area contributed by atoms with E-state index in [0.29, 0.717) is 24.4 Å². The number of ether oxygens (including phenoxy) is 1. The lowest BCUT2D eigenvalue weighted by Gasteiger charge is -2.27. The van der Waals surface area contributed by atoms with Crippen molar-refractivity contribution >= 4 is 15.9 Å². The summed E-state index contributed by atoms with van der Waals surface area (Å²) in [7, 11) is -2.22. The third-order valence-electron chi connectivity index (χ3n) is 5.24. The van der Waals surface area contributed by atoms with Crippen molar-refractivity contribution in [1.29, 1.82) is 0 Å². The van der Waals surface area contributed by atoms with E-state index in [-0.39, 0.29) is 10.8 Å². The second-order valence-electron chi connectivity index (χ2n) is 7.04. The normalized spacial score (nSPS) is 19.8. The molecule has 0 unspecified atom stereocenters. The van der Waals surface area contributed by atoms with Crippen LogP contribution in [0.1, 0.15) is 55.3 Å². The zero-order chi connectivity index (χ0) is 18.6. The summed E-state index contributed by atoms with van der Waals surface area (Å²) in [6, 6.07) is 4.76. The molecular weight excluding hydrogens is 352 g/mol. The minimum absolute atomic E-state index is 0.0975. The molecule has 1 aromatic rings. The fourth-order valence-corrected chi connectivity index (χ4v) is 5.41. The predicted molar refractivity (Wildman–Crippen MR) is 100.0 cm³/mol. The van der Waals surface area contributed by atoms with Crippen LogP contribution in [0, 0.1) is 0 Å². The Labute approximate surface area is 156 Å². The first-order valence-electron chi connectivity index (χ1n) is 9.51. The third-order valence-corrected chi connectivity index (χ3v) is 7.16. The number of carbonyl (C=O) groups excluding carboxylic acids is 1. The van der Waals surface area contributed by atoms with Crippen molar-refractivity contribution in [2.75, 3.05) is 33.3 Å². The molecule has 2 aliphatic rings. The van der Waals surface area contributed by atoms with E-state index in [4.69, 9.17) is 4.74 Å². The predicted octanol–water partition coefficient (Wildman–Crippen LogP) is 2.89. The van der Waals surface area contributed by atoms with Crippen LogP contribution in [0.25, 0.3) is 0 Å². The number of amides is 1. The molecule has 0 N–H and O–H groups in total. The van der Waals surface area contributed by atoms with E-state index in [1.165, 1.54) is 17.5 Å². The van der Waals surface area contributed by atoms with E-state index in [1.807, 2.05) is 4.90 Å². The summed E-state index contributed by atoms with van der Waals surface area (Å²) < 4.78 is 33.2. The van der Waals surface area contributed by atoms with E-state index >= 15 is 0 Å². The van der Waals surface area contributed by atoms with Crippen LogP contribution in [-0.2, 0) is 10.0 Å². The number of hydrogen-bond donors (Lipinski definition) is 0. The van der Waals surface area contributed by atoms with Gasteiger partial charge in [-0.1, -0.05) is 12.8 Å². The molecule has 7 heteroatoms. The molecule has 6 nitrogen and oxygen atoms in total. The van der Waals surface area contributed by atoms with Gasteiger partial charge in [0.1, 0.15) is 10.6 Å². The Hall–Kier alpha value is -1.60. The van der Waals surface area contributed by atoms with Crippen molar-refractivity contribution in [2.24, 2.45) is 0 Å². The highest BCUT2D eigenvalue weighted by atomic mass is 32.2. The molecule has 1 aromatic carbocycles. The third kappa shape index (κ3) is 4.04. The van der Waals surface area contributed by atoms with Crippen molar-refractivity contribution in [1.82, 2.24) is 9.21 Å². The van der Waals surface area contributed by atoms with Gasteiger partial charge < -0.3 is 9.64 Å². The Morgan fingerprint density at radius 2 is 1.50 bits per heavy atom. The summed E-state index contributed by atoms with van der Waals surface area (Å²) >= 11 is 0. The van der Waals surface area contributed by atoms with Crippen LogP contribution in [0.5, 0.6) is 5.75 Å². The van der Waals surface area contributed by atoms with Crippen LogP contribution in [-0.4, -0.2) is 56.8 Å². The lowest BCUT2D eigenvalue weighted by molar-refractivity contribution is 0.0724. The maximum atomic E-state index is 13.2. The molecule has 2 fully saturated rings. The minimum atomic E-state index is -3.68. The highest BCUT2D eigenvalue weighted by Crippen LogP contribution is 2.30. The minimum Gasteiger partial charge on any atom is -0.495 e. The van der Waals surface area contributed by atoms with Gasteiger partial charge >= 0.3 is 0 Å². The van der Waals surface area contributed by atoms with Crippen LogP contribution < -0.4 is 4.74 Å². The van der Waals surface area contributed by atoms with Gasteiger partial charge in [0.15, 0.2) is 0 Å². The van der Waals surface area contributed by atoms with Gasteiger partial charge in [-0.15, -0.1) is 0 Å². The highest BCUT2D eigenvalue weighted by molar-refractivity contribution is 7.89. The summed E-state index contributed by atoms with van der Waals surface area (Å²) in [6.07, 6.45) is 6.98. The topological polar surface area (TPSA) is 66.9 Å². The van der Waals surface area contributed by atoms with Gasteiger partial charge in [-0.05, 0) is 50.3 Å². The number of hydrogen-bond acceptors (Lipinski definition) is 4. The Morgan fingerprint density at radius 1 is 0.923 bits per heavy atom. The Bertz CT molecular complexity index is 734. The van der Waals surface area contributed by atoms with Crippen LogP contribution in [0.4, 0.5) is 0 Å². The smallest absolute Gasteiger partial charge is 0.253 e. The van der Waals surface area contributed by atoms with Crippen molar-refractivity contribution in [3.8, 4) is 5.75 Å². The molecule has 2 saturated heterocycles. The first-order chi connectivity index (χ1) is 12.5. The molecule has 144 valence electrons. The van der Waals surface area contributed by atoms with E-state index in [0.717, 1.165) is 58.0 Å². The van der Waals surface area contributed by atoms with E-state index in [1.54, 1.807) is 12.1 Å². The molecule has 3 rings (SSSR count). The fraction of sp³-hybridized carbons (Fsp3) is 0.632. The zero-order valence-corrected chi connectivity index (χ0v) is 16.3. The molecule has 2 heterocycles. The van der Waals surface area contributed by atoms with E-state index < -0.39 is 10.0 Å². The summed E-state index contributed by atoms with van der Waals surface area (Å²) in [6.45, 7) is 2.52. The van der Waals surface area contributed by atoms with Gasteiger partial charge in [0, 0.05) is 31.7 Å².